The summed E-state index contributed by atoms with van der Waals surface area (Å²) in [6.45, 7) is 2.62. The van der Waals surface area contributed by atoms with Crippen LogP contribution in [-0.2, 0) is 14.8 Å². The summed E-state index contributed by atoms with van der Waals surface area (Å²) >= 11 is 0. The van der Waals surface area contributed by atoms with Gasteiger partial charge in [0.2, 0.25) is 0 Å². The normalized spacial score (nSPS) is 19.9. The van der Waals surface area contributed by atoms with Crippen molar-refractivity contribution < 1.29 is 31.5 Å². The molecule has 1 N–H and O–H groups in total. The Kier molecular flexibility index (Phi) is 4.11. The maximum atomic E-state index is 12.5. The van der Waals surface area contributed by atoms with E-state index in [9.17, 15) is 26.4 Å². The third kappa shape index (κ3) is 2.87. The maximum Gasteiger partial charge on any atom is 0.517 e. The summed E-state index contributed by atoms with van der Waals surface area (Å²) in [5.74, 6) is -2.16. The molecule has 1 heterocycles. The predicted octanol–water partition coefficient (Wildman–Crippen LogP) is 1.80. The van der Waals surface area contributed by atoms with Gasteiger partial charge in [0.05, 0.1) is 5.41 Å². The molecule has 116 valence electrons. The number of allylic oxidation sites excluding steroid dienone is 3. The highest BCUT2D eigenvalue weighted by atomic mass is 32.2. The highest BCUT2D eigenvalue weighted by Gasteiger charge is 2.51. The molecule has 0 saturated heterocycles. The molecule has 0 saturated carbocycles. The zero-order chi connectivity index (χ0) is 16.6. The highest BCUT2D eigenvalue weighted by molar-refractivity contribution is 7.90. The summed E-state index contributed by atoms with van der Waals surface area (Å²) in [6, 6.07) is 1.34. The van der Waals surface area contributed by atoms with Crippen molar-refractivity contribution in [1.29, 1.82) is 5.26 Å². The second-order valence-corrected chi connectivity index (χ2v) is 6.61. The molecule has 1 aliphatic rings. The number of sulfonamides is 1. The van der Waals surface area contributed by atoms with E-state index >= 15 is 0 Å². The van der Waals surface area contributed by atoms with E-state index in [1.807, 2.05) is 0 Å². The maximum absolute atomic E-state index is 12.5. The van der Waals surface area contributed by atoms with E-state index in [4.69, 9.17) is 10.4 Å². The van der Waals surface area contributed by atoms with E-state index in [0.717, 1.165) is 12.2 Å². The average molecular weight is 324 g/mol. The Labute approximate surface area is 118 Å². The van der Waals surface area contributed by atoms with Gasteiger partial charge in [-0.25, -0.2) is 4.31 Å². The molecule has 0 aromatic heterocycles. The number of carboxylic acid groups (broad SMARTS) is 1. The van der Waals surface area contributed by atoms with Crippen LogP contribution in [-0.4, -0.2) is 29.3 Å². The van der Waals surface area contributed by atoms with Crippen LogP contribution in [0.1, 0.15) is 13.8 Å². The minimum absolute atomic E-state index is 0.207. The fourth-order valence-electron chi connectivity index (χ4n) is 1.55. The standard InChI is InChI=1S/C11H11F3N2O4S/c1-10(2,9(17)18)7-3-4-16(8(5-7)6-15)21(19,20)11(12,13)14/h3-5,7H,1-2H3,(H,17,18). The van der Waals surface area contributed by atoms with Crippen molar-refractivity contribution in [1.82, 2.24) is 4.31 Å². The van der Waals surface area contributed by atoms with Crippen molar-refractivity contribution in [2.75, 3.05) is 0 Å². The fraction of sp³-hybridized carbons (Fsp3) is 0.455. The van der Waals surface area contributed by atoms with E-state index in [-0.39, 0.29) is 4.31 Å². The molecule has 0 aromatic carbocycles. The quantitative estimate of drug-likeness (QED) is 0.853. The number of nitriles is 1. The van der Waals surface area contributed by atoms with Crippen molar-refractivity contribution in [2.24, 2.45) is 11.3 Å². The SMILES string of the molecule is CC(C)(C(=O)O)C1C=CN(S(=O)(=O)C(F)(F)F)C(C#N)=C1. The van der Waals surface area contributed by atoms with Gasteiger partial charge >= 0.3 is 21.5 Å². The van der Waals surface area contributed by atoms with Crippen molar-refractivity contribution in [3.63, 3.8) is 0 Å². The van der Waals surface area contributed by atoms with E-state index < -0.39 is 38.5 Å². The third-order valence-corrected chi connectivity index (χ3v) is 4.48. The number of aliphatic carboxylic acids is 1. The number of alkyl halides is 3. The number of hydrogen-bond donors (Lipinski definition) is 1. The topological polar surface area (TPSA) is 98.5 Å². The first-order chi connectivity index (χ1) is 9.35. The molecule has 0 spiro atoms. The smallest absolute Gasteiger partial charge is 0.481 e. The second-order valence-electron chi connectivity index (χ2n) is 4.80. The first-order valence-corrected chi connectivity index (χ1v) is 6.94. The van der Waals surface area contributed by atoms with Crippen LogP contribution in [0.3, 0.4) is 0 Å². The van der Waals surface area contributed by atoms with Crippen LogP contribution in [0, 0.1) is 22.7 Å². The van der Waals surface area contributed by atoms with Crippen LogP contribution in [0.15, 0.2) is 24.0 Å². The van der Waals surface area contributed by atoms with Crippen molar-refractivity contribution in [3.05, 3.63) is 24.0 Å². The molecule has 0 fully saturated rings. The number of halogens is 3. The first-order valence-electron chi connectivity index (χ1n) is 5.50. The fourth-order valence-corrected chi connectivity index (χ4v) is 2.36. The molecule has 0 aromatic rings. The van der Waals surface area contributed by atoms with Gasteiger partial charge in [-0.15, -0.1) is 0 Å². The van der Waals surface area contributed by atoms with Gasteiger partial charge in [-0.05, 0) is 19.9 Å². The van der Waals surface area contributed by atoms with E-state index in [1.165, 1.54) is 19.9 Å². The molecule has 1 atom stereocenters. The molecule has 0 aliphatic carbocycles. The Hall–Kier alpha value is -2.02. The van der Waals surface area contributed by atoms with Gasteiger partial charge in [-0.2, -0.15) is 26.9 Å². The first kappa shape index (κ1) is 17.0. The van der Waals surface area contributed by atoms with Crippen molar-refractivity contribution in [2.45, 2.75) is 19.4 Å². The summed E-state index contributed by atoms with van der Waals surface area (Å²) < 4.78 is 59.9. The average Bonchev–Trinajstić information content (AvgIpc) is 2.36. The van der Waals surface area contributed by atoms with Crippen LogP contribution in [0.2, 0.25) is 0 Å². The minimum Gasteiger partial charge on any atom is -0.481 e. The molecule has 1 unspecified atom stereocenters. The van der Waals surface area contributed by atoms with Gasteiger partial charge in [-0.1, -0.05) is 6.08 Å². The number of carbonyl (C=O) groups is 1. The molecular weight excluding hydrogens is 313 g/mol. The number of nitrogens with zero attached hydrogens (tertiary/aromatic N) is 2. The lowest BCUT2D eigenvalue weighted by molar-refractivity contribution is -0.148. The molecule has 1 aliphatic heterocycles. The monoisotopic (exact) mass is 324 g/mol. The minimum atomic E-state index is -5.74. The summed E-state index contributed by atoms with van der Waals surface area (Å²) in [5, 5.41) is 17.9. The van der Waals surface area contributed by atoms with Gasteiger partial charge in [0.25, 0.3) is 0 Å². The molecule has 6 nitrogen and oxygen atoms in total. The largest absolute Gasteiger partial charge is 0.517 e. The van der Waals surface area contributed by atoms with Crippen LogP contribution in [0.4, 0.5) is 13.2 Å². The molecule has 1 rings (SSSR count). The Morgan fingerprint density at radius 3 is 2.33 bits per heavy atom. The van der Waals surface area contributed by atoms with Gasteiger partial charge in [-0.3, -0.25) is 4.79 Å². The van der Waals surface area contributed by atoms with Gasteiger partial charge in [0, 0.05) is 12.1 Å². The zero-order valence-corrected chi connectivity index (χ0v) is 11.7. The second kappa shape index (κ2) is 5.07. The molecule has 0 radical (unpaired) electrons. The Balaban J connectivity index is 3.30. The van der Waals surface area contributed by atoms with Crippen LogP contribution in [0.5, 0.6) is 0 Å². The Bertz CT molecular complexity index is 656. The summed E-state index contributed by atoms with van der Waals surface area (Å²) in [6.07, 6.45) is 2.44. The summed E-state index contributed by atoms with van der Waals surface area (Å²) in [4.78, 5) is 11.1. The third-order valence-electron chi connectivity index (χ3n) is 3.05. The molecule has 10 heteroatoms. The highest BCUT2D eigenvalue weighted by Crippen LogP contribution is 2.37. The lowest BCUT2D eigenvalue weighted by atomic mass is 9.77. The molecule has 0 bridgehead atoms. The molecule has 21 heavy (non-hydrogen) atoms. The van der Waals surface area contributed by atoms with Gasteiger partial charge < -0.3 is 5.11 Å². The van der Waals surface area contributed by atoms with Gasteiger partial charge in [0.1, 0.15) is 11.8 Å². The van der Waals surface area contributed by atoms with E-state index in [0.29, 0.717) is 6.20 Å². The van der Waals surface area contributed by atoms with Crippen LogP contribution in [0.25, 0.3) is 0 Å². The zero-order valence-electron chi connectivity index (χ0n) is 10.9. The lowest BCUT2D eigenvalue weighted by Gasteiger charge is -2.31. The van der Waals surface area contributed by atoms with Crippen LogP contribution < -0.4 is 0 Å². The summed E-state index contributed by atoms with van der Waals surface area (Å²) in [5.41, 5.74) is -7.77. The molecular formula is C11H11F3N2O4S. The van der Waals surface area contributed by atoms with Crippen LogP contribution >= 0.6 is 0 Å². The van der Waals surface area contributed by atoms with E-state index in [2.05, 4.69) is 0 Å². The van der Waals surface area contributed by atoms with E-state index in [1.54, 1.807) is 0 Å². The Morgan fingerprint density at radius 1 is 1.43 bits per heavy atom. The number of hydrogen-bond acceptors (Lipinski definition) is 4. The van der Waals surface area contributed by atoms with Gasteiger partial charge in [0.15, 0.2) is 0 Å². The lowest BCUT2D eigenvalue weighted by Crippen LogP contribution is -2.40. The summed E-state index contributed by atoms with van der Waals surface area (Å²) in [7, 11) is -5.74. The molecule has 0 amide bonds. The number of carboxylic acids is 1. The number of rotatable bonds is 3. The van der Waals surface area contributed by atoms with Crippen molar-refractivity contribution in [3.8, 4) is 6.07 Å². The van der Waals surface area contributed by atoms with Crippen molar-refractivity contribution >= 4 is 16.0 Å². The Morgan fingerprint density at radius 2 is 1.95 bits per heavy atom. The predicted molar refractivity (Wildman–Crippen MR) is 64.6 cm³/mol.